The number of likely N-dealkylation sites (N-methyl/N-ethyl adjacent to an activating group) is 1. The van der Waals surface area contributed by atoms with E-state index in [2.05, 4.69) is 19.9 Å². The molecule has 0 aromatic carbocycles. The Labute approximate surface area is 276 Å². The van der Waals surface area contributed by atoms with Crippen LogP contribution in [0.25, 0.3) is 0 Å². The SMILES string of the molecule is CCCCC/C=C/CCC(=O)OC(COCCC(C(=O)[O-])[N+](C)(C)C)COC(=O)CCCCCCCCCCCCCCCC. The van der Waals surface area contributed by atoms with E-state index in [0.29, 0.717) is 12.8 Å². The molecule has 0 aliphatic heterocycles. The van der Waals surface area contributed by atoms with Gasteiger partial charge >= 0.3 is 11.9 Å². The fraction of sp³-hybridized carbons (Fsp3) is 0.865. The fourth-order valence-electron chi connectivity index (χ4n) is 5.26. The lowest BCUT2D eigenvalue weighted by Gasteiger charge is -2.34. The molecule has 264 valence electrons. The number of allylic oxidation sites excluding steroid dienone is 2. The van der Waals surface area contributed by atoms with Gasteiger partial charge in [0.05, 0.1) is 40.3 Å². The van der Waals surface area contributed by atoms with Crippen LogP contribution in [0.3, 0.4) is 0 Å². The van der Waals surface area contributed by atoms with Crippen molar-refractivity contribution in [1.29, 1.82) is 0 Å². The molecular formula is C37H69NO7. The lowest BCUT2D eigenvalue weighted by molar-refractivity contribution is -0.889. The Morgan fingerprint density at radius 3 is 1.69 bits per heavy atom. The molecule has 0 bridgehead atoms. The predicted octanol–water partition coefficient (Wildman–Crippen LogP) is 7.46. The molecule has 45 heavy (non-hydrogen) atoms. The Bertz CT molecular complexity index is 762. The maximum absolute atomic E-state index is 12.5. The first-order valence-electron chi connectivity index (χ1n) is 18.2. The quantitative estimate of drug-likeness (QED) is 0.0326. The lowest BCUT2D eigenvalue weighted by Crippen LogP contribution is -2.55. The molecule has 2 unspecified atom stereocenters. The van der Waals surface area contributed by atoms with Crippen LogP contribution in [-0.2, 0) is 28.6 Å². The molecule has 8 nitrogen and oxygen atoms in total. The van der Waals surface area contributed by atoms with Gasteiger partial charge in [0, 0.05) is 19.3 Å². The van der Waals surface area contributed by atoms with Crippen molar-refractivity contribution in [1.82, 2.24) is 0 Å². The minimum absolute atomic E-state index is 0.0294. The van der Waals surface area contributed by atoms with Gasteiger partial charge in [-0.3, -0.25) is 9.59 Å². The smallest absolute Gasteiger partial charge is 0.306 e. The largest absolute Gasteiger partial charge is 0.544 e. The van der Waals surface area contributed by atoms with Gasteiger partial charge in [0.15, 0.2) is 6.10 Å². The van der Waals surface area contributed by atoms with Crippen molar-refractivity contribution in [3.63, 3.8) is 0 Å². The van der Waals surface area contributed by atoms with Crippen LogP contribution in [0.4, 0.5) is 0 Å². The zero-order valence-corrected chi connectivity index (χ0v) is 29.8. The molecule has 0 heterocycles. The summed E-state index contributed by atoms with van der Waals surface area (Å²) < 4.78 is 16.9. The van der Waals surface area contributed by atoms with Gasteiger partial charge in [-0.05, 0) is 25.7 Å². The third-order valence-electron chi connectivity index (χ3n) is 8.17. The summed E-state index contributed by atoms with van der Waals surface area (Å²) in [6.07, 6.45) is 26.9. The first kappa shape index (κ1) is 43.1. The van der Waals surface area contributed by atoms with E-state index in [-0.39, 0.29) is 49.1 Å². The van der Waals surface area contributed by atoms with Gasteiger partial charge in [-0.1, -0.05) is 122 Å². The van der Waals surface area contributed by atoms with Crippen molar-refractivity contribution >= 4 is 17.9 Å². The summed E-state index contributed by atoms with van der Waals surface area (Å²) in [6, 6.07) is -0.724. The molecule has 0 fully saturated rings. The highest BCUT2D eigenvalue weighted by molar-refractivity contribution is 5.70. The normalized spacial score (nSPS) is 13.2. The number of quaternary nitrogens is 1. The molecule has 0 N–H and O–H groups in total. The van der Waals surface area contributed by atoms with Crippen molar-refractivity contribution in [2.24, 2.45) is 0 Å². The van der Waals surface area contributed by atoms with Crippen molar-refractivity contribution < 1.29 is 38.2 Å². The van der Waals surface area contributed by atoms with Crippen LogP contribution in [0.1, 0.15) is 155 Å². The predicted molar refractivity (Wildman–Crippen MR) is 181 cm³/mol. The van der Waals surface area contributed by atoms with E-state index in [1.54, 1.807) is 21.1 Å². The average Bonchev–Trinajstić information content (AvgIpc) is 2.98. The topological polar surface area (TPSA) is 102 Å². The zero-order valence-electron chi connectivity index (χ0n) is 29.8. The molecule has 0 aromatic rings. The molecule has 2 atom stereocenters. The summed E-state index contributed by atoms with van der Waals surface area (Å²) in [7, 11) is 5.38. The van der Waals surface area contributed by atoms with Gasteiger partial charge in [-0.2, -0.15) is 0 Å². The van der Waals surface area contributed by atoms with E-state index >= 15 is 0 Å². The van der Waals surface area contributed by atoms with E-state index in [4.69, 9.17) is 14.2 Å². The third-order valence-corrected chi connectivity index (χ3v) is 8.17. The maximum Gasteiger partial charge on any atom is 0.306 e. The van der Waals surface area contributed by atoms with E-state index in [1.807, 2.05) is 6.08 Å². The van der Waals surface area contributed by atoms with Crippen LogP contribution in [-0.4, -0.2) is 75.5 Å². The lowest BCUT2D eigenvalue weighted by atomic mass is 10.0. The molecular weight excluding hydrogens is 570 g/mol. The van der Waals surface area contributed by atoms with Gasteiger partial charge in [-0.25, -0.2) is 0 Å². The van der Waals surface area contributed by atoms with E-state index in [0.717, 1.165) is 32.1 Å². The molecule has 0 rings (SSSR count). The van der Waals surface area contributed by atoms with Crippen LogP contribution in [0.5, 0.6) is 0 Å². The Morgan fingerprint density at radius 1 is 0.644 bits per heavy atom. The van der Waals surface area contributed by atoms with Gasteiger partial charge in [0.1, 0.15) is 12.6 Å². The van der Waals surface area contributed by atoms with Crippen LogP contribution in [0, 0.1) is 0 Å². The minimum Gasteiger partial charge on any atom is -0.544 e. The molecule has 0 aromatic heterocycles. The fourth-order valence-corrected chi connectivity index (χ4v) is 5.26. The first-order valence-corrected chi connectivity index (χ1v) is 18.2. The van der Waals surface area contributed by atoms with Crippen LogP contribution >= 0.6 is 0 Å². The zero-order chi connectivity index (χ0) is 33.6. The molecule has 0 spiro atoms. The number of carbonyl (C=O) groups excluding carboxylic acids is 3. The number of rotatable bonds is 32. The Kier molecular flexibility index (Phi) is 28.2. The van der Waals surface area contributed by atoms with Crippen LogP contribution < -0.4 is 5.11 Å². The van der Waals surface area contributed by atoms with Crippen molar-refractivity contribution in [3.05, 3.63) is 12.2 Å². The minimum atomic E-state index is -1.13. The monoisotopic (exact) mass is 640 g/mol. The summed E-state index contributed by atoms with van der Waals surface area (Å²) >= 11 is 0. The Morgan fingerprint density at radius 2 is 1.16 bits per heavy atom. The number of carboxylic acid groups (broad SMARTS) is 1. The number of hydrogen-bond acceptors (Lipinski definition) is 7. The summed E-state index contributed by atoms with van der Waals surface area (Å²) in [6.45, 7) is 4.54. The molecule has 0 saturated carbocycles. The maximum atomic E-state index is 12.5. The number of ether oxygens (including phenoxy) is 3. The summed E-state index contributed by atoms with van der Waals surface area (Å²) in [5, 5.41) is 11.5. The molecule has 0 aliphatic carbocycles. The highest BCUT2D eigenvalue weighted by Gasteiger charge is 2.25. The molecule has 8 heteroatoms. The number of esters is 2. The van der Waals surface area contributed by atoms with Crippen molar-refractivity contribution in [2.45, 2.75) is 167 Å². The number of unbranched alkanes of at least 4 members (excludes halogenated alkanes) is 16. The van der Waals surface area contributed by atoms with Gasteiger partial charge in [-0.15, -0.1) is 0 Å². The van der Waals surface area contributed by atoms with E-state index < -0.39 is 18.1 Å². The van der Waals surface area contributed by atoms with Gasteiger partial charge < -0.3 is 28.6 Å². The van der Waals surface area contributed by atoms with Crippen LogP contribution in [0.2, 0.25) is 0 Å². The van der Waals surface area contributed by atoms with Gasteiger partial charge in [0.2, 0.25) is 0 Å². The van der Waals surface area contributed by atoms with Crippen molar-refractivity contribution in [3.8, 4) is 0 Å². The number of carboxylic acids is 1. The molecule has 0 radical (unpaired) electrons. The first-order chi connectivity index (χ1) is 21.6. The number of carbonyl (C=O) groups is 3. The highest BCUT2D eigenvalue weighted by Crippen LogP contribution is 2.14. The average molecular weight is 640 g/mol. The van der Waals surface area contributed by atoms with Crippen molar-refractivity contribution in [2.75, 3.05) is 41.0 Å². The summed E-state index contributed by atoms with van der Waals surface area (Å²) in [4.78, 5) is 36.4. The number of hydrogen-bond donors (Lipinski definition) is 0. The second-order valence-corrected chi connectivity index (χ2v) is 13.5. The number of nitrogens with zero attached hydrogens (tertiary/aromatic N) is 1. The standard InChI is InChI=1S/C37H69NO7/c1-6-8-10-12-14-15-16-17-18-19-20-22-23-25-27-35(39)44-32-33(31-43-30-29-34(37(41)42)38(3,4)5)45-36(40)28-26-24-21-13-11-9-7-2/h21,24,33-34H,6-20,22-23,25-32H2,1-5H3/b24-21+. The van der Waals surface area contributed by atoms with E-state index in [9.17, 15) is 19.5 Å². The van der Waals surface area contributed by atoms with E-state index in [1.165, 1.54) is 83.5 Å². The second-order valence-electron chi connectivity index (χ2n) is 13.5. The molecule has 0 amide bonds. The summed E-state index contributed by atoms with van der Waals surface area (Å²) in [5.41, 5.74) is 0. The Balaban J connectivity index is 4.36. The van der Waals surface area contributed by atoms with Crippen LogP contribution in [0.15, 0.2) is 12.2 Å². The van der Waals surface area contributed by atoms with Gasteiger partial charge in [0.25, 0.3) is 0 Å². The summed E-state index contributed by atoms with van der Waals surface area (Å²) in [5.74, 6) is -1.80. The number of aliphatic carboxylic acids is 1. The molecule has 0 saturated heterocycles. The Hall–Kier alpha value is -1.93. The molecule has 0 aliphatic rings. The third kappa shape index (κ3) is 28.1. The highest BCUT2D eigenvalue weighted by atomic mass is 16.6. The second kappa shape index (κ2) is 29.5.